The van der Waals surface area contributed by atoms with Gasteiger partial charge in [0.1, 0.15) is 0 Å². The van der Waals surface area contributed by atoms with Crippen LogP contribution in [0.15, 0.2) is 0 Å². The largest absolute Gasteiger partial charge is 0.397 e. The Morgan fingerprint density at radius 2 is 0.833 bits per heavy atom. The van der Waals surface area contributed by atoms with E-state index in [1.807, 2.05) is 81.0 Å². The van der Waals surface area contributed by atoms with Crippen LogP contribution >= 0.6 is 11.8 Å². The van der Waals surface area contributed by atoms with Gasteiger partial charge in [0.05, 0.1) is 0 Å². The van der Waals surface area contributed by atoms with Crippen LogP contribution in [0.3, 0.4) is 0 Å². The molecule has 0 amide bonds. The van der Waals surface area contributed by atoms with Crippen molar-refractivity contribution in [3.63, 3.8) is 0 Å². The molecule has 0 aliphatic heterocycles. The van der Waals surface area contributed by atoms with Crippen LogP contribution < -0.4 is 0 Å². The topological polar surface area (TPSA) is 20.2 Å². The minimum Gasteiger partial charge on any atom is -0.397 e. The molecule has 0 aliphatic carbocycles. The Morgan fingerprint density at radius 3 is 0.833 bits per heavy atom. The van der Waals surface area contributed by atoms with E-state index in [0.29, 0.717) is 0 Å². The maximum absolute atomic E-state index is 7.57. The molecule has 0 radical (unpaired) electrons. The first-order valence-corrected chi connectivity index (χ1v) is 12.0. The van der Waals surface area contributed by atoms with Crippen LogP contribution in [0.4, 0.5) is 0 Å². The number of hydrogen-bond acceptors (Lipinski definition) is 2. The zero-order valence-electron chi connectivity index (χ0n) is 21.1. The summed E-state index contributed by atoms with van der Waals surface area (Å²) in [6.07, 6.45) is 3.41. The van der Waals surface area contributed by atoms with E-state index < -0.39 is 0 Å². The molecular formula is C22H60OS. The summed E-state index contributed by atoms with van der Waals surface area (Å²) < 4.78 is 0. The van der Waals surface area contributed by atoms with Gasteiger partial charge in [0.15, 0.2) is 0 Å². The lowest BCUT2D eigenvalue weighted by molar-refractivity contribution is 0.318. The van der Waals surface area contributed by atoms with Crippen molar-refractivity contribution in [1.82, 2.24) is 0 Å². The van der Waals surface area contributed by atoms with E-state index in [-0.39, 0.29) is 6.61 Å². The van der Waals surface area contributed by atoms with Gasteiger partial charge in [0.2, 0.25) is 0 Å². The monoisotopic (exact) mass is 372 g/mol. The second-order valence-electron chi connectivity index (χ2n) is 3.52. The molecule has 0 heterocycles. The first-order valence-electron chi connectivity index (χ1n) is 10.6. The van der Waals surface area contributed by atoms with E-state index in [1.165, 1.54) is 12.2 Å². The van der Waals surface area contributed by atoms with Crippen molar-refractivity contribution < 1.29 is 5.11 Å². The van der Waals surface area contributed by atoms with E-state index in [4.69, 9.17) is 5.11 Å². The number of rotatable bonds is 3. The third-order valence-electron chi connectivity index (χ3n) is 2.07. The van der Waals surface area contributed by atoms with E-state index in [9.17, 15) is 0 Å². The molecule has 0 aromatic heterocycles. The fraction of sp³-hybridized carbons (Fsp3) is 1.00. The molecule has 0 aromatic rings. The Labute approximate surface area is 164 Å². The predicted molar refractivity (Wildman–Crippen MR) is 128 cm³/mol. The number of hydrogen-bond donors (Lipinski definition) is 1. The Balaban J connectivity index is -0.0000000220. The molecule has 0 aliphatic rings. The van der Waals surface area contributed by atoms with Gasteiger partial charge in [0.25, 0.3) is 0 Å². The molecule has 0 saturated heterocycles. The summed E-state index contributed by atoms with van der Waals surface area (Å²) in [5.41, 5.74) is 0. The van der Waals surface area contributed by atoms with Crippen LogP contribution in [0.5, 0.6) is 0 Å². The van der Waals surface area contributed by atoms with E-state index in [2.05, 4.69) is 40.9 Å². The zero-order chi connectivity index (χ0) is 22.0. The highest BCUT2D eigenvalue weighted by molar-refractivity contribution is 7.98. The summed E-state index contributed by atoms with van der Waals surface area (Å²) in [6.45, 7) is 33.2. The van der Waals surface area contributed by atoms with Crippen molar-refractivity contribution in [2.45, 2.75) is 117 Å². The summed E-state index contributed by atoms with van der Waals surface area (Å²) in [5.74, 6) is 3.00. The summed E-state index contributed by atoms with van der Waals surface area (Å²) in [7, 11) is 0. The maximum atomic E-state index is 7.57. The number of aliphatic hydroxyl groups excluding tert-OH is 1. The van der Waals surface area contributed by atoms with E-state index in [0.717, 1.165) is 11.8 Å². The Kier molecular flexibility index (Phi) is 226. The van der Waals surface area contributed by atoms with Crippen LogP contribution in [0, 0.1) is 11.8 Å². The highest BCUT2D eigenvalue weighted by Crippen LogP contribution is 2.11. The molecule has 0 bridgehead atoms. The van der Waals surface area contributed by atoms with Crippen LogP contribution in [-0.4, -0.2) is 23.7 Å². The number of thioether (sulfide) groups is 1. The highest BCUT2D eigenvalue weighted by atomic mass is 32.2. The summed E-state index contributed by atoms with van der Waals surface area (Å²) in [6, 6.07) is 0. The highest BCUT2D eigenvalue weighted by Gasteiger charge is 2.01. The van der Waals surface area contributed by atoms with Gasteiger partial charge in [0, 0.05) is 6.61 Å². The third-order valence-corrected chi connectivity index (χ3v) is 2.65. The molecule has 1 N–H and O–H groups in total. The molecule has 1 atom stereocenters. The average molecular weight is 373 g/mol. The average Bonchev–Trinajstić information content (AvgIpc) is 2.69. The van der Waals surface area contributed by atoms with Crippen LogP contribution in [0.2, 0.25) is 0 Å². The Bertz CT molecular complexity index is 74.4. The van der Waals surface area contributed by atoms with Crippen molar-refractivity contribution in [3.05, 3.63) is 0 Å². The lowest BCUT2D eigenvalue weighted by Crippen LogP contribution is -2.00. The van der Waals surface area contributed by atoms with Gasteiger partial charge in [-0.05, 0) is 30.8 Å². The predicted octanol–water partition coefficient (Wildman–Crippen LogP) is 9.19. The lowest BCUT2D eigenvalue weighted by atomic mass is 9.96. The van der Waals surface area contributed by atoms with Gasteiger partial charge < -0.3 is 5.11 Å². The van der Waals surface area contributed by atoms with Gasteiger partial charge >= 0.3 is 0 Å². The molecule has 0 rings (SSSR count). The second kappa shape index (κ2) is 109. The van der Waals surface area contributed by atoms with Crippen molar-refractivity contribution in [3.8, 4) is 0 Å². The van der Waals surface area contributed by atoms with Gasteiger partial charge in [-0.1, -0.05) is 110 Å². The zero-order valence-corrected chi connectivity index (χ0v) is 21.9. The molecule has 0 spiro atoms. The van der Waals surface area contributed by atoms with Crippen molar-refractivity contribution >= 4 is 11.8 Å². The minimum atomic E-state index is 0.250. The Morgan fingerprint density at radius 1 is 0.667 bits per heavy atom. The molecule has 0 aromatic carbocycles. The standard InChI is InChI=1S/C7H16.C3H8S.C2H6O.5C2H6/c1-5-7(4)6(2)3;1-3-4-2;1-2-3;5*1-2/h6-7H,5H2,1-4H3;3H2,1-2H3;3H,2H2,1H3;5*1-2H3. The molecule has 0 fully saturated rings. The smallest absolute Gasteiger partial charge is 0.0402 e. The fourth-order valence-electron chi connectivity index (χ4n) is 0.471. The van der Waals surface area contributed by atoms with E-state index >= 15 is 0 Å². The van der Waals surface area contributed by atoms with Crippen LogP contribution in [-0.2, 0) is 0 Å². The summed E-state index contributed by atoms with van der Waals surface area (Å²) >= 11 is 1.86. The Hall–Kier alpha value is 0.310. The molecule has 1 nitrogen and oxygen atoms in total. The van der Waals surface area contributed by atoms with Crippen LogP contribution in [0.1, 0.15) is 117 Å². The second-order valence-corrected chi connectivity index (χ2v) is 4.68. The molecule has 1 unspecified atom stereocenters. The maximum Gasteiger partial charge on any atom is 0.0402 e. The van der Waals surface area contributed by atoms with Crippen molar-refractivity contribution in [2.75, 3.05) is 18.6 Å². The molecule has 24 heavy (non-hydrogen) atoms. The van der Waals surface area contributed by atoms with Crippen molar-refractivity contribution in [1.29, 1.82) is 0 Å². The normalized spacial score (nSPS) is 7.62. The van der Waals surface area contributed by atoms with E-state index in [1.54, 1.807) is 6.92 Å². The molecular weight excluding hydrogens is 312 g/mol. The molecule has 0 saturated carbocycles. The summed E-state index contributed by atoms with van der Waals surface area (Å²) in [4.78, 5) is 0. The van der Waals surface area contributed by atoms with Gasteiger partial charge in [-0.2, -0.15) is 11.8 Å². The minimum absolute atomic E-state index is 0.250. The first-order chi connectivity index (χ1) is 11.5. The molecule has 2 heteroatoms. The SMILES string of the molecule is CC.CC.CC.CC.CC.CCC(C)C(C)C.CCO.CCSC. The third kappa shape index (κ3) is 190. The van der Waals surface area contributed by atoms with Crippen molar-refractivity contribution in [2.24, 2.45) is 11.8 Å². The first kappa shape index (κ1) is 49.7. The number of aliphatic hydroxyl groups is 1. The van der Waals surface area contributed by atoms with Gasteiger partial charge in [-0.15, -0.1) is 0 Å². The lowest BCUT2D eigenvalue weighted by Gasteiger charge is -2.10. The van der Waals surface area contributed by atoms with Gasteiger partial charge in [-0.25, -0.2) is 0 Å². The molecule has 160 valence electrons. The fourth-order valence-corrected chi connectivity index (χ4v) is 0.471. The quantitative estimate of drug-likeness (QED) is 0.532. The van der Waals surface area contributed by atoms with Gasteiger partial charge in [-0.3, -0.25) is 0 Å². The summed E-state index contributed by atoms with van der Waals surface area (Å²) in [5, 5.41) is 7.57. The van der Waals surface area contributed by atoms with Crippen LogP contribution in [0.25, 0.3) is 0 Å².